The average Bonchev–Trinajstić information content (AvgIpc) is 2.49. The van der Waals surface area contributed by atoms with Gasteiger partial charge in [0.15, 0.2) is 0 Å². The van der Waals surface area contributed by atoms with Crippen molar-refractivity contribution >= 4 is 43.2 Å². The summed E-state index contributed by atoms with van der Waals surface area (Å²) < 4.78 is 0. The lowest BCUT2D eigenvalue weighted by molar-refractivity contribution is -0.194. The summed E-state index contributed by atoms with van der Waals surface area (Å²) in [5.41, 5.74) is 0. The Morgan fingerprint density at radius 1 is 0.870 bits per heavy atom. The molecule has 2 aliphatic heterocycles. The Kier molecular flexibility index (Phi) is 17.4. The van der Waals surface area contributed by atoms with E-state index in [1.807, 2.05) is 5.06 Å². The van der Waals surface area contributed by atoms with Crippen LogP contribution in [0.2, 0.25) is 0 Å². The van der Waals surface area contributed by atoms with Gasteiger partial charge in [-0.05, 0) is 32.2 Å². The van der Waals surface area contributed by atoms with E-state index in [4.69, 9.17) is 4.84 Å². The fourth-order valence-electron chi connectivity index (χ4n) is 2.86. The molecule has 0 radical (unpaired) electrons. The topological polar surface area (TPSA) is 44.8 Å². The van der Waals surface area contributed by atoms with Crippen molar-refractivity contribution < 1.29 is 9.63 Å². The molecule has 0 aliphatic carbocycles. The predicted octanol–water partition coefficient (Wildman–Crippen LogP) is 2.66. The number of carbonyl (C=O) groups excluding carboxylic acids is 1. The van der Waals surface area contributed by atoms with Crippen molar-refractivity contribution in [3.8, 4) is 0 Å². The van der Waals surface area contributed by atoms with E-state index >= 15 is 0 Å². The molecule has 2 saturated heterocycles. The van der Waals surface area contributed by atoms with Crippen LogP contribution in [0.15, 0.2) is 0 Å². The van der Waals surface area contributed by atoms with Crippen molar-refractivity contribution in [3.63, 3.8) is 0 Å². The summed E-state index contributed by atoms with van der Waals surface area (Å²) in [5, 5.41) is 5.20. The lowest BCUT2D eigenvalue weighted by Gasteiger charge is -2.27. The molecule has 0 saturated carbocycles. The summed E-state index contributed by atoms with van der Waals surface area (Å²) in [4.78, 5) is 19.6. The van der Waals surface area contributed by atoms with Gasteiger partial charge < -0.3 is 15.1 Å². The lowest BCUT2D eigenvalue weighted by Crippen LogP contribution is -2.43. The van der Waals surface area contributed by atoms with Gasteiger partial charge in [0.2, 0.25) is 0 Å². The highest BCUT2D eigenvalue weighted by Crippen LogP contribution is 2.10. The standard InChI is InChI=1S/C15H29N3O2.3ClH/c19-15(20-18-11-5-2-6-12-18)7-3-1-4-10-17-13-8-16-9-14-17;;;/h16H,1-14H2;3*1H. The fraction of sp³-hybridized carbons (Fsp3) is 0.933. The molecule has 2 rings (SSSR count). The second-order valence-corrected chi connectivity index (χ2v) is 5.86. The maximum atomic E-state index is 11.7. The Morgan fingerprint density at radius 2 is 1.52 bits per heavy atom. The van der Waals surface area contributed by atoms with Crippen LogP contribution < -0.4 is 5.32 Å². The second kappa shape index (κ2) is 15.7. The number of nitrogens with zero attached hydrogens (tertiary/aromatic N) is 2. The highest BCUT2D eigenvalue weighted by Gasteiger charge is 2.14. The maximum Gasteiger partial charge on any atom is 0.325 e. The summed E-state index contributed by atoms with van der Waals surface area (Å²) in [6, 6.07) is 0. The molecule has 2 heterocycles. The van der Waals surface area contributed by atoms with E-state index in [1.165, 1.54) is 19.4 Å². The number of unbranched alkanes of at least 4 members (excludes halogenated alkanes) is 2. The first-order valence-electron chi connectivity index (χ1n) is 8.23. The molecule has 0 unspecified atom stereocenters. The molecule has 23 heavy (non-hydrogen) atoms. The molecule has 0 aromatic rings. The largest absolute Gasteiger partial charge is 0.368 e. The molecule has 1 N–H and O–H groups in total. The van der Waals surface area contributed by atoms with Gasteiger partial charge in [-0.1, -0.05) is 12.8 Å². The zero-order chi connectivity index (χ0) is 14.0. The summed E-state index contributed by atoms with van der Waals surface area (Å²) >= 11 is 0. The number of halogens is 3. The molecule has 0 bridgehead atoms. The van der Waals surface area contributed by atoms with Crippen LogP contribution in [0, 0.1) is 0 Å². The zero-order valence-corrected chi connectivity index (χ0v) is 16.3. The Morgan fingerprint density at radius 3 is 2.17 bits per heavy atom. The van der Waals surface area contributed by atoms with Crippen molar-refractivity contribution in [3.05, 3.63) is 0 Å². The number of piperazine rings is 1. The minimum atomic E-state index is -0.0472. The fourth-order valence-corrected chi connectivity index (χ4v) is 2.86. The number of hydrogen-bond donors (Lipinski definition) is 1. The summed E-state index contributed by atoms with van der Waals surface area (Å²) in [6.45, 7) is 7.55. The number of rotatable bonds is 7. The van der Waals surface area contributed by atoms with Crippen LogP contribution in [0.4, 0.5) is 0 Å². The van der Waals surface area contributed by atoms with Gasteiger partial charge in [-0.15, -0.1) is 42.3 Å². The van der Waals surface area contributed by atoms with Crippen molar-refractivity contribution in [2.75, 3.05) is 45.8 Å². The summed E-state index contributed by atoms with van der Waals surface area (Å²) in [5.74, 6) is -0.0472. The van der Waals surface area contributed by atoms with Gasteiger partial charge in [-0.2, -0.15) is 0 Å². The maximum absolute atomic E-state index is 11.7. The zero-order valence-electron chi connectivity index (χ0n) is 13.8. The van der Waals surface area contributed by atoms with Gasteiger partial charge in [0.05, 0.1) is 0 Å². The van der Waals surface area contributed by atoms with Crippen molar-refractivity contribution in [2.45, 2.75) is 44.9 Å². The van der Waals surface area contributed by atoms with Crippen LogP contribution in [-0.2, 0) is 9.63 Å². The molecular formula is C15H32Cl3N3O2. The molecule has 0 aromatic carbocycles. The van der Waals surface area contributed by atoms with Gasteiger partial charge in [0, 0.05) is 45.7 Å². The molecule has 0 aromatic heterocycles. The van der Waals surface area contributed by atoms with Crippen molar-refractivity contribution in [1.29, 1.82) is 0 Å². The van der Waals surface area contributed by atoms with E-state index in [0.717, 1.165) is 65.0 Å². The highest BCUT2D eigenvalue weighted by molar-refractivity contribution is 5.86. The molecule has 140 valence electrons. The van der Waals surface area contributed by atoms with E-state index in [9.17, 15) is 4.79 Å². The Balaban J connectivity index is 0. The second-order valence-electron chi connectivity index (χ2n) is 5.86. The molecular weight excluding hydrogens is 361 g/mol. The molecule has 2 fully saturated rings. The first kappa shape index (κ1) is 25.5. The van der Waals surface area contributed by atoms with Gasteiger partial charge in [-0.25, -0.2) is 0 Å². The van der Waals surface area contributed by atoms with Gasteiger partial charge in [0.25, 0.3) is 0 Å². The molecule has 0 amide bonds. The molecule has 0 spiro atoms. The molecule has 5 nitrogen and oxygen atoms in total. The summed E-state index contributed by atoms with van der Waals surface area (Å²) in [6.07, 6.45) is 7.41. The number of nitrogens with one attached hydrogen (secondary N) is 1. The van der Waals surface area contributed by atoms with Crippen LogP contribution in [-0.4, -0.2) is 61.7 Å². The number of hydroxylamine groups is 2. The van der Waals surface area contributed by atoms with E-state index < -0.39 is 0 Å². The third-order valence-electron chi connectivity index (χ3n) is 4.11. The minimum absolute atomic E-state index is 0. The first-order valence-corrected chi connectivity index (χ1v) is 8.23. The van der Waals surface area contributed by atoms with Crippen LogP contribution in [0.5, 0.6) is 0 Å². The van der Waals surface area contributed by atoms with Crippen LogP contribution in [0.3, 0.4) is 0 Å². The SMILES string of the molecule is Cl.Cl.Cl.O=C(CCCCCN1CCNCC1)ON1CCCCC1. The van der Waals surface area contributed by atoms with Gasteiger partial charge in [0.1, 0.15) is 0 Å². The Bertz CT molecular complexity index is 287. The summed E-state index contributed by atoms with van der Waals surface area (Å²) in [7, 11) is 0. The van der Waals surface area contributed by atoms with E-state index in [1.54, 1.807) is 0 Å². The number of hydrogen-bond acceptors (Lipinski definition) is 5. The van der Waals surface area contributed by atoms with E-state index in [2.05, 4.69) is 10.2 Å². The van der Waals surface area contributed by atoms with Crippen LogP contribution in [0.1, 0.15) is 44.9 Å². The average molecular weight is 393 g/mol. The smallest absolute Gasteiger partial charge is 0.325 e. The Labute approximate surface area is 159 Å². The predicted molar refractivity (Wildman–Crippen MR) is 101 cm³/mol. The molecule has 0 atom stereocenters. The highest BCUT2D eigenvalue weighted by atomic mass is 35.5. The minimum Gasteiger partial charge on any atom is -0.368 e. The number of carbonyl (C=O) groups is 1. The quantitative estimate of drug-likeness (QED) is 0.675. The number of piperidine rings is 1. The van der Waals surface area contributed by atoms with Gasteiger partial charge in [-0.3, -0.25) is 4.79 Å². The Hall–Kier alpha value is 0.220. The van der Waals surface area contributed by atoms with E-state index in [0.29, 0.717) is 6.42 Å². The van der Waals surface area contributed by atoms with Gasteiger partial charge >= 0.3 is 5.97 Å². The third-order valence-corrected chi connectivity index (χ3v) is 4.11. The molecule has 2 aliphatic rings. The van der Waals surface area contributed by atoms with Crippen molar-refractivity contribution in [1.82, 2.24) is 15.3 Å². The van der Waals surface area contributed by atoms with Crippen LogP contribution >= 0.6 is 37.2 Å². The molecule has 8 heteroatoms. The van der Waals surface area contributed by atoms with E-state index in [-0.39, 0.29) is 43.2 Å². The normalized spacial score (nSPS) is 19.0. The lowest BCUT2D eigenvalue weighted by atomic mass is 10.2. The van der Waals surface area contributed by atoms with Crippen molar-refractivity contribution in [2.24, 2.45) is 0 Å². The van der Waals surface area contributed by atoms with Crippen LogP contribution in [0.25, 0.3) is 0 Å². The first-order chi connectivity index (χ1) is 9.84. The monoisotopic (exact) mass is 391 g/mol. The third kappa shape index (κ3) is 11.4.